The van der Waals surface area contributed by atoms with Gasteiger partial charge in [-0.15, -0.1) is 0 Å². The Kier molecular flexibility index (Phi) is 3.53. The molecule has 1 heterocycles. The standard InChI is InChI=1S/C17H14F3N/c18-17(19,20)14-8-6-12(7-9-14)15-4-1-5-16(15)13-3-2-10-21-11-13/h2-3,6-11H,1,4-5H2. The summed E-state index contributed by atoms with van der Waals surface area (Å²) in [6.07, 6.45) is 2.12. The van der Waals surface area contributed by atoms with E-state index in [9.17, 15) is 13.2 Å². The number of aromatic nitrogens is 1. The van der Waals surface area contributed by atoms with Gasteiger partial charge in [-0.05, 0) is 59.7 Å². The van der Waals surface area contributed by atoms with Gasteiger partial charge in [-0.1, -0.05) is 18.2 Å². The molecule has 0 amide bonds. The first kappa shape index (κ1) is 13.9. The molecule has 0 unspecified atom stereocenters. The van der Waals surface area contributed by atoms with E-state index in [0.29, 0.717) is 0 Å². The monoisotopic (exact) mass is 289 g/mol. The summed E-state index contributed by atoms with van der Waals surface area (Å²) in [6, 6.07) is 9.32. The first-order valence-electron chi connectivity index (χ1n) is 6.86. The predicted octanol–water partition coefficient (Wildman–Crippen LogP) is 5.20. The van der Waals surface area contributed by atoms with Crippen LogP contribution in [0, 0.1) is 0 Å². The van der Waals surface area contributed by atoms with Crippen LogP contribution in [0.5, 0.6) is 0 Å². The van der Waals surface area contributed by atoms with Crippen LogP contribution in [0.3, 0.4) is 0 Å². The topological polar surface area (TPSA) is 12.9 Å². The van der Waals surface area contributed by atoms with Gasteiger partial charge in [0.15, 0.2) is 0 Å². The summed E-state index contributed by atoms with van der Waals surface area (Å²) in [5.74, 6) is 0. The highest BCUT2D eigenvalue weighted by Crippen LogP contribution is 2.40. The Morgan fingerprint density at radius 3 is 2.10 bits per heavy atom. The first-order valence-corrected chi connectivity index (χ1v) is 6.86. The van der Waals surface area contributed by atoms with E-state index in [-0.39, 0.29) is 0 Å². The zero-order valence-corrected chi connectivity index (χ0v) is 11.3. The molecule has 0 saturated heterocycles. The fraction of sp³-hybridized carbons (Fsp3) is 0.235. The molecule has 0 saturated carbocycles. The summed E-state index contributed by atoms with van der Waals surface area (Å²) in [4.78, 5) is 4.12. The molecule has 0 fully saturated rings. The van der Waals surface area contributed by atoms with E-state index in [2.05, 4.69) is 4.98 Å². The minimum atomic E-state index is -4.28. The largest absolute Gasteiger partial charge is 0.416 e. The van der Waals surface area contributed by atoms with Crippen molar-refractivity contribution in [3.05, 3.63) is 65.5 Å². The molecular formula is C17H14F3N. The van der Waals surface area contributed by atoms with Crippen LogP contribution in [0.2, 0.25) is 0 Å². The lowest BCUT2D eigenvalue weighted by Crippen LogP contribution is -2.04. The van der Waals surface area contributed by atoms with Crippen molar-refractivity contribution in [2.75, 3.05) is 0 Å². The normalized spacial score (nSPS) is 15.6. The molecule has 0 radical (unpaired) electrons. The maximum absolute atomic E-state index is 12.6. The average molecular weight is 289 g/mol. The summed E-state index contributed by atoms with van der Waals surface area (Å²) in [6.45, 7) is 0. The van der Waals surface area contributed by atoms with Crippen LogP contribution in [0.1, 0.15) is 36.0 Å². The van der Waals surface area contributed by atoms with Gasteiger partial charge in [0.1, 0.15) is 0 Å². The first-order chi connectivity index (χ1) is 10.1. The lowest BCUT2D eigenvalue weighted by atomic mass is 9.97. The van der Waals surface area contributed by atoms with Crippen molar-refractivity contribution in [1.29, 1.82) is 0 Å². The number of benzene rings is 1. The van der Waals surface area contributed by atoms with Crippen LogP contribution in [0.15, 0.2) is 48.8 Å². The highest BCUT2D eigenvalue weighted by Gasteiger charge is 2.30. The van der Waals surface area contributed by atoms with Gasteiger partial charge in [0.25, 0.3) is 0 Å². The number of rotatable bonds is 2. The molecule has 0 spiro atoms. The third-order valence-electron chi connectivity index (χ3n) is 3.79. The van der Waals surface area contributed by atoms with Crippen LogP contribution < -0.4 is 0 Å². The Labute approximate surface area is 121 Å². The SMILES string of the molecule is FC(F)(F)c1ccc(C2=C(c3cccnc3)CCC2)cc1. The maximum Gasteiger partial charge on any atom is 0.416 e. The van der Waals surface area contributed by atoms with Gasteiger partial charge < -0.3 is 0 Å². The molecule has 0 atom stereocenters. The van der Waals surface area contributed by atoms with Gasteiger partial charge in [-0.2, -0.15) is 13.2 Å². The minimum absolute atomic E-state index is 0.604. The number of alkyl halides is 3. The Hall–Kier alpha value is -2.10. The highest BCUT2D eigenvalue weighted by molar-refractivity contribution is 5.92. The van der Waals surface area contributed by atoms with Gasteiger partial charge >= 0.3 is 6.18 Å². The third-order valence-corrected chi connectivity index (χ3v) is 3.79. The molecule has 1 aliphatic carbocycles. The molecule has 4 heteroatoms. The summed E-state index contributed by atoms with van der Waals surface area (Å²) in [7, 11) is 0. The van der Waals surface area contributed by atoms with Gasteiger partial charge in [-0.3, -0.25) is 4.98 Å². The Balaban J connectivity index is 1.99. The van der Waals surface area contributed by atoms with Crippen molar-refractivity contribution in [2.45, 2.75) is 25.4 Å². The molecule has 21 heavy (non-hydrogen) atoms. The summed E-state index contributed by atoms with van der Waals surface area (Å²) in [5.41, 5.74) is 3.66. The average Bonchev–Trinajstić information content (AvgIpc) is 2.97. The van der Waals surface area contributed by atoms with Crippen molar-refractivity contribution < 1.29 is 13.2 Å². The predicted molar refractivity (Wildman–Crippen MR) is 76.3 cm³/mol. The van der Waals surface area contributed by atoms with Crippen molar-refractivity contribution in [3.63, 3.8) is 0 Å². The Morgan fingerprint density at radius 2 is 1.52 bits per heavy atom. The van der Waals surface area contributed by atoms with Crippen LogP contribution >= 0.6 is 0 Å². The zero-order chi connectivity index (χ0) is 14.9. The van der Waals surface area contributed by atoms with Gasteiger partial charge in [0.05, 0.1) is 5.56 Å². The zero-order valence-electron chi connectivity index (χ0n) is 11.3. The van der Waals surface area contributed by atoms with Crippen molar-refractivity contribution >= 4 is 11.1 Å². The second kappa shape index (κ2) is 5.35. The smallest absolute Gasteiger partial charge is 0.264 e. The molecule has 0 N–H and O–H groups in total. The highest BCUT2D eigenvalue weighted by atomic mass is 19.4. The molecule has 1 aliphatic rings. The second-order valence-corrected chi connectivity index (χ2v) is 5.13. The fourth-order valence-corrected chi connectivity index (χ4v) is 2.78. The molecule has 3 rings (SSSR count). The van der Waals surface area contributed by atoms with Crippen LogP contribution in [-0.4, -0.2) is 4.98 Å². The number of hydrogen-bond donors (Lipinski definition) is 0. The van der Waals surface area contributed by atoms with E-state index < -0.39 is 11.7 Å². The third kappa shape index (κ3) is 2.84. The molecule has 1 aromatic heterocycles. The van der Waals surface area contributed by atoms with Gasteiger partial charge in [0.2, 0.25) is 0 Å². The van der Waals surface area contributed by atoms with Crippen molar-refractivity contribution in [2.24, 2.45) is 0 Å². The number of nitrogens with zero attached hydrogens (tertiary/aromatic N) is 1. The van der Waals surface area contributed by atoms with E-state index in [1.54, 1.807) is 18.3 Å². The van der Waals surface area contributed by atoms with Gasteiger partial charge in [0, 0.05) is 12.4 Å². The number of hydrogen-bond acceptors (Lipinski definition) is 1. The number of pyridine rings is 1. The fourth-order valence-electron chi connectivity index (χ4n) is 2.78. The van der Waals surface area contributed by atoms with Crippen LogP contribution in [0.4, 0.5) is 13.2 Å². The minimum Gasteiger partial charge on any atom is -0.264 e. The summed E-state index contributed by atoms with van der Waals surface area (Å²) >= 11 is 0. The molecule has 0 aliphatic heterocycles. The van der Waals surface area contributed by atoms with Crippen molar-refractivity contribution in [3.8, 4) is 0 Å². The van der Waals surface area contributed by atoms with Crippen LogP contribution in [0.25, 0.3) is 11.1 Å². The molecule has 1 aromatic carbocycles. The lowest BCUT2D eigenvalue weighted by Gasteiger charge is -2.10. The maximum atomic E-state index is 12.6. The molecule has 2 aromatic rings. The molecule has 1 nitrogen and oxygen atoms in total. The number of allylic oxidation sites excluding steroid dienone is 2. The van der Waals surface area contributed by atoms with E-state index >= 15 is 0 Å². The quantitative estimate of drug-likeness (QED) is 0.741. The molecule has 0 bridgehead atoms. The van der Waals surface area contributed by atoms with E-state index in [4.69, 9.17) is 0 Å². The number of halogens is 3. The lowest BCUT2D eigenvalue weighted by molar-refractivity contribution is -0.137. The van der Waals surface area contributed by atoms with Gasteiger partial charge in [-0.25, -0.2) is 0 Å². The molecule has 108 valence electrons. The van der Waals surface area contributed by atoms with E-state index in [1.807, 2.05) is 18.3 Å². The van der Waals surface area contributed by atoms with Crippen molar-refractivity contribution in [1.82, 2.24) is 4.98 Å². The van der Waals surface area contributed by atoms with E-state index in [1.165, 1.54) is 5.57 Å². The summed E-state index contributed by atoms with van der Waals surface area (Å²) < 4.78 is 37.9. The Bertz CT molecular complexity index is 655. The summed E-state index contributed by atoms with van der Waals surface area (Å²) in [5, 5.41) is 0. The van der Waals surface area contributed by atoms with E-state index in [0.717, 1.165) is 48.1 Å². The van der Waals surface area contributed by atoms with Crippen LogP contribution in [-0.2, 0) is 6.18 Å². The Morgan fingerprint density at radius 1 is 0.857 bits per heavy atom. The second-order valence-electron chi connectivity index (χ2n) is 5.13. The molecular weight excluding hydrogens is 275 g/mol.